The van der Waals surface area contributed by atoms with Crippen LogP contribution in [0.25, 0.3) is 0 Å². The van der Waals surface area contributed by atoms with E-state index in [0.29, 0.717) is 32.4 Å². The normalized spacial score (nSPS) is 31.1. The number of halogens is 2. The Hall–Kier alpha value is -1.91. The second-order valence-corrected chi connectivity index (χ2v) is 8.10. The number of hydrogen-bond donors (Lipinski definition) is 2. The number of alkyl halides is 2. The van der Waals surface area contributed by atoms with Gasteiger partial charge < -0.3 is 16.0 Å². The van der Waals surface area contributed by atoms with Gasteiger partial charge in [-0.1, -0.05) is 0 Å². The van der Waals surface area contributed by atoms with Gasteiger partial charge in [-0.3, -0.25) is 4.79 Å². The van der Waals surface area contributed by atoms with Gasteiger partial charge in [-0.15, -0.1) is 0 Å². The zero-order valence-electron chi connectivity index (χ0n) is 14.4. The van der Waals surface area contributed by atoms with Crippen molar-refractivity contribution in [1.29, 1.82) is 5.26 Å². The molecule has 138 valence electrons. The van der Waals surface area contributed by atoms with Crippen LogP contribution in [0, 0.1) is 28.6 Å². The lowest BCUT2D eigenvalue weighted by Gasteiger charge is -2.34. The molecule has 3 N–H and O–H groups in total. The number of nitriles is 1. The third kappa shape index (κ3) is 3.70. The highest BCUT2D eigenvalue weighted by Crippen LogP contribution is 2.62. The number of piperidine rings is 1. The van der Waals surface area contributed by atoms with Gasteiger partial charge in [0.2, 0.25) is 11.8 Å². The summed E-state index contributed by atoms with van der Waals surface area (Å²) >= 11 is 0. The number of nitrogens with two attached hydrogens (primary N) is 1. The minimum Gasteiger partial charge on any atom is -0.351 e. The van der Waals surface area contributed by atoms with E-state index >= 15 is 0 Å². The van der Waals surface area contributed by atoms with Gasteiger partial charge in [-0.2, -0.15) is 5.26 Å². The van der Waals surface area contributed by atoms with Crippen molar-refractivity contribution in [3.05, 3.63) is 0 Å². The molecule has 0 bridgehead atoms. The number of rotatable bonds is 5. The zero-order chi connectivity index (χ0) is 18.5. The van der Waals surface area contributed by atoms with Crippen LogP contribution >= 0.6 is 0 Å². The van der Waals surface area contributed by atoms with E-state index < -0.39 is 35.7 Å². The molecule has 0 aromatic heterocycles. The SMILES string of the molecule is CC(F)(F)C[C@H](C(=O)NC1(C#N)CC1)C1CC12CCCN(C(N)=O)C2. The van der Waals surface area contributed by atoms with Crippen LogP contribution < -0.4 is 11.1 Å². The Morgan fingerprint density at radius 3 is 2.64 bits per heavy atom. The number of likely N-dealkylation sites (tertiary alicyclic amines) is 1. The second kappa shape index (κ2) is 5.82. The third-order valence-electron chi connectivity index (χ3n) is 5.90. The Morgan fingerprint density at radius 1 is 1.44 bits per heavy atom. The van der Waals surface area contributed by atoms with E-state index in [9.17, 15) is 18.4 Å². The van der Waals surface area contributed by atoms with E-state index in [1.54, 1.807) is 4.90 Å². The van der Waals surface area contributed by atoms with Gasteiger partial charge in [-0.25, -0.2) is 13.6 Å². The van der Waals surface area contributed by atoms with Crippen molar-refractivity contribution < 1.29 is 18.4 Å². The fourth-order valence-corrected chi connectivity index (χ4v) is 4.29. The summed E-state index contributed by atoms with van der Waals surface area (Å²) in [6, 6.07) is 1.56. The van der Waals surface area contributed by atoms with Crippen LogP contribution in [0.15, 0.2) is 0 Å². The van der Waals surface area contributed by atoms with Crippen molar-refractivity contribution in [1.82, 2.24) is 10.2 Å². The van der Waals surface area contributed by atoms with Crippen molar-refractivity contribution in [2.24, 2.45) is 23.0 Å². The Bertz CT molecular complexity index is 623. The van der Waals surface area contributed by atoms with Gasteiger partial charge in [-0.05, 0) is 50.4 Å². The molecule has 1 spiro atoms. The first kappa shape index (κ1) is 17.9. The van der Waals surface area contributed by atoms with E-state index in [1.807, 2.05) is 0 Å². The summed E-state index contributed by atoms with van der Waals surface area (Å²) in [5, 5.41) is 11.8. The van der Waals surface area contributed by atoms with E-state index in [2.05, 4.69) is 11.4 Å². The van der Waals surface area contributed by atoms with Gasteiger partial charge >= 0.3 is 6.03 Å². The molecule has 3 fully saturated rings. The second-order valence-electron chi connectivity index (χ2n) is 8.10. The van der Waals surface area contributed by atoms with E-state index in [0.717, 1.165) is 19.8 Å². The molecule has 0 radical (unpaired) electrons. The number of nitrogens with one attached hydrogen (secondary N) is 1. The summed E-state index contributed by atoms with van der Waals surface area (Å²) in [7, 11) is 0. The van der Waals surface area contributed by atoms with Gasteiger partial charge in [0.05, 0.1) is 6.07 Å². The summed E-state index contributed by atoms with van der Waals surface area (Å²) in [6.45, 7) is 1.81. The molecule has 8 heteroatoms. The number of nitrogens with zero attached hydrogens (tertiary/aromatic N) is 2. The molecule has 3 atom stereocenters. The summed E-state index contributed by atoms with van der Waals surface area (Å²) in [6.07, 6.45) is 2.81. The zero-order valence-corrected chi connectivity index (χ0v) is 14.4. The molecule has 25 heavy (non-hydrogen) atoms. The predicted molar refractivity (Wildman–Crippen MR) is 85.4 cm³/mol. The van der Waals surface area contributed by atoms with Gasteiger partial charge in [0.15, 0.2) is 0 Å². The molecule has 1 heterocycles. The number of carbonyl (C=O) groups is 2. The molecule has 2 aliphatic carbocycles. The Morgan fingerprint density at radius 2 is 2.12 bits per heavy atom. The first-order chi connectivity index (χ1) is 11.6. The highest BCUT2D eigenvalue weighted by atomic mass is 19.3. The van der Waals surface area contributed by atoms with Crippen molar-refractivity contribution in [2.45, 2.75) is 56.9 Å². The van der Waals surface area contributed by atoms with Crippen LogP contribution in [0.4, 0.5) is 13.6 Å². The Labute approximate surface area is 145 Å². The van der Waals surface area contributed by atoms with Gasteiger partial charge in [0.1, 0.15) is 5.54 Å². The first-order valence-corrected chi connectivity index (χ1v) is 8.75. The molecule has 3 amide bonds. The minimum absolute atomic E-state index is 0.199. The van der Waals surface area contributed by atoms with Crippen LogP contribution in [0.5, 0.6) is 0 Å². The standard InChI is InChI=1S/C17H24F2N4O2/c1-15(18,19)7-11(13(24)22-17(9-20)4-5-17)12-8-16(12)3-2-6-23(10-16)14(21)25/h11-12H,2-8,10H2,1H3,(H2,21,25)(H,22,24)/t11-,12?,16?/m0/s1. The molecule has 3 rings (SSSR count). The molecule has 3 aliphatic rings. The molecule has 2 saturated carbocycles. The molecule has 6 nitrogen and oxygen atoms in total. The lowest BCUT2D eigenvalue weighted by molar-refractivity contribution is -0.130. The van der Waals surface area contributed by atoms with Crippen LogP contribution in [0.3, 0.4) is 0 Å². The monoisotopic (exact) mass is 354 g/mol. The first-order valence-electron chi connectivity index (χ1n) is 8.75. The summed E-state index contributed by atoms with van der Waals surface area (Å²) < 4.78 is 27.4. The maximum atomic E-state index is 13.7. The van der Waals surface area contributed by atoms with E-state index in [1.165, 1.54) is 0 Å². The molecule has 0 aromatic carbocycles. The molecule has 2 unspecified atom stereocenters. The number of hydrogen-bond acceptors (Lipinski definition) is 3. The van der Waals surface area contributed by atoms with Gasteiger partial charge in [0, 0.05) is 25.4 Å². The van der Waals surface area contributed by atoms with Gasteiger partial charge in [0.25, 0.3) is 0 Å². The smallest absolute Gasteiger partial charge is 0.314 e. The number of carbonyl (C=O) groups excluding carboxylic acids is 2. The summed E-state index contributed by atoms with van der Waals surface area (Å²) in [5.41, 5.74) is 4.20. The maximum Gasteiger partial charge on any atom is 0.314 e. The molecular weight excluding hydrogens is 330 g/mol. The predicted octanol–water partition coefficient (Wildman–Crippen LogP) is 2.00. The molecule has 0 aromatic rings. The van der Waals surface area contributed by atoms with Crippen molar-refractivity contribution in [3.63, 3.8) is 0 Å². The lowest BCUT2D eigenvalue weighted by atomic mass is 9.84. The fraction of sp³-hybridized carbons (Fsp3) is 0.824. The number of urea groups is 1. The maximum absolute atomic E-state index is 13.7. The van der Waals surface area contributed by atoms with E-state index in [4.69, 9.17) is 11.0 Å². The average molecular weight is 354 g/mol. The average Bonchev–Trinajstić information content (AvgIpc) is 3.42. The van der Waals surface area contributed by atoms with Crippen LogP contribution in [-0.4, -0.2) is 41.4 Å². The highest BCUT2D eigenvalue weighted by molar-refractivity contribution is 5.81. The quantitative estimate of drug-likeness (QED) is 0.790. The number of primary amides is 1. The third-order valence-corrected chi connectivity index (χ3v) is 5.90. The van der Waals surface area contributed by atoms with Crippen LogP contribution in [0.1, 0.15) is 45.4 Å². The summed E-state index contributed by atoms with van der Waals surface area (Å²) in [4.78, 5) is 25.7. The Balaban J connectivity index is 1.73. The van der Waals surface area contributed by atoms with Crippen LogP contribution in [-0.2, 0) is 4.79 Å². The molecule has 1 saturated heterocycles. The molecule has 1 aliphatic heterocycles. The van der Waals surface area contributed by atoms with E-state index in [-0.39, 0.29) is 11.3 Å². The van der Waals surface area contributed by atoms with Crippen molar-refractivity contribution in [2.75, 3.05) is 13.1 Å². The highest BCUT2D eigenvalue weighted by Gasteiger charge is 2.61. The largest absolute Gasteiger partial charge is 0.351 e. The molecular formula is C17H24F2N4O2. The Kier molecular flexibility index (Phi) is 4.17. The van der Waals surface area contributed by atoms with Crippen LogP contribution in [0.2, 0.25) is 0 Å². The van der Waals surface area contributed by atoms with Crippen molar-refractivity contribution in [3.8, 4) is 6.07 Å². The fourth-order valence-electron chi connectivity index (χ4n) is 4.29. The van der Waals surface area contributed by atoms with Crippen molar-refractivity contribution >= 4 is 11.9 Å². The summed E-state index contributed by atoms with van der Waals surface area (Å²) in [5.74, 6) is -4.47. The number of amides is 3. The lowest BCUT2D eigenvalue weighted by Crippen LogP contribution is -2.46. The topological polar surface area (TPSA) is 99.2 Å². The minimum atomic E-state index is -2.97.